The molecule has 1 N–H and O–H groups in total. The Morgan fingerprint density at radius 2 is 2.23 bits per heavy atom. The lowest BCUT2D eigenvalue weighted by Gasteiger charge is -1.98. The molecule has 0 radical (unpaired) electrons. The Hall–Kier alpha value is -0.720. The van der Waals surface area contributed by atoms with E-state index in [1.807, 2.05) is 0 Å². The summed E-state index contributed by atoms with van der Waals surface area (Å²) in [4.78, 5) is 4.19. The average molecular weight is 203 g/mol. The van der Waals surface area contributed by atoms with Crippen LogP contribution in [0.4, 0.5) is 5.13 Å². The van der Waals surface area contributed by atoms with Gasteiger partial charge in [-0.3, -0.25) is 0 Å². The van der Waals surface area contributed by atoms with Gasteiger partial charge in [0.05, 0.1) is 6.61 Å². The second kappa shape index (κ2) is 5.85. The van der Waals surface area contributed by atoms with Crippen molar-refractivity contribution >= 4 is 16.7 Å². The molecular formula is C7H13N3O2S. The number of ether oxygens (including phenoxy) is 2. The lowest BCUT2D eigenvalue weighted by Crippen LogP contribution is -2.07. The number of hydrogen-bond donors (Lipinski definition) is 1. The van der Waals surface area contributed by atoms with Gasteiger partial charge in [0.25, 0.3) is 0 Å². The zero-order chi connectivity index (χ0) is 9.52. The minimum Gasteiger partial charge on any atom is -0.383 e. The predicted molar refractivity (Wildman–Crippen MR) is 51.0 cm³/mol. The van der Waals surface area contributed by atoms with Gasteiger partial charge in [-0.15, -0.1) is 0 Å². The molecule has 0 aromatic carbocycles. The second-order valence-electron chi connectivity index (χ2n) is 2.37. The maximum atomic E-state index is 4.90. The van der Waals surface area contributed by atoms with Gasteiger partial charge in [-0.1, -0.05) is 0 Å². The van der Waals surface area contributed by atoms with Gasteiger partial charge in [0.2, 0.25) is 5.13 Å². The van der Waals surface area contributed by atoms with E-state index in [-0.39, 0.29) is 0 Å². The highest BCUT2D eigenvalue weighted by atomic mass is 32.1. The first-order valence-electron chi connectivity index (χ1n) is 3.91. The van der Waals surface area contributed by atoms with Crippen molar-refractivity contribution in [1.82, 2.24) is 9.36 Å². The summed E-state index contributed by atoms with van der Waals surface area (Å²) in [5, 5.41) is 3.90. The number of rotatable bonds is 6. The van der Waals surface area contributed by atoms with Crippen molar-refractivity contribution in [1.29, 1.82) is 0 Å². The molecule has 1 aromatic rings. The zero-order valence-corrected chi connectivity index (χ0v) is 8.56. The Bertz CT molecular complexity index is 241. The van der Waals surface area contributed by atoms with Gasteiger partial charge in [0.15, 0.2) is 5.82 Å². The molecule has 0 spiro atoms. The van der Waals surface area contributed by atoms with E-state index in [1.165, 1.54) is 11.5 Å². The summed E-state index contributed by atoms with van der Waals surface area (Å²) in [7, 11) is 3.29. The molecule has 74 valence electrons. The minimum atomic E-state index is 0.461. The molecule has 0 fully saturated rings. The number of aromatic nitrogens is 2. The Morgan fingerprint density at radius 1 is 1.38 bits per heavy atom. The Balaban J connectivity index is 2.31. The lowest BCUT2D eigenvalue weighted by molar-refractivity contribution is 0.179. The van der Waals surface area contributed by atoms with Crippen LogP contribution in [0.5, 0.6) is 0 Å². The average Bonchev–Trinajstić information content (AvgIpc) is 2.54. The maximum Gasteiger partial charge on any atom is 0.202 e. The smallest absolute Gasteiger partial charge is 0.202 e. The van der Waals surface area contributed by atoms with Crippen LogP contribution in [0.1, 0.15) is 5.82 Å². The molecule has 1 heterocycles. The summed E-state index contributed by atoms with van der Waals surface area (Å²) in [6.45, 7) is 1.87. The van der Waals surface area contributed by atoms with E-state index in [4.69, 9.17) is 9.47 Å². The predicted octanol–water partition coefficient (Wildman–Crippen LogP) is 0.743. The van der Waals surface area contributed by atoms with E-state index in [1.54, 1.807) is 14.2 Å². The van der Waals surface area contributed by atoms with Gasteiger partial charge in [0.1, 0.15) is 6.61 Å². The minimum absolute atomic E-state index is 0.461. The van der Waals surface area contributed by atoms with E-state index >= 15 is 0 Å². The fraction of sp³-hybridized carbons (Fsp3) is 0.714. The van der Waals surface area contributed by atoms with E-state index in [0.29, 0.717) is 19.0 Å². The molecule has 1 rings (SSSR count). The monoisotopic (exact) mass is 203 g/mol. The van der Waals surface area contributed by atoms with Crippen LogP contribution >= 0.6 is 11.5 Å². The van der Waals surface area contributed by atoms with E-state index < -0.39 is 0 Å². The van der Waals surface area contributed by atoms with Crippen molar-refractivity contribution in [3.63, 3.8) is 0 Å². The highest BCUT2D eigenvalue weighted by molar-refractivity contribution is 7.09. The van der Waals surface area contributed by atoms with Crippen LogP contribution in [-0.2, 0) is 16.1 Å². The van der Waals surface area contributed by atoms with E-state index in [0.717, 1.165) is 11.7 Å². The molecule has 5 nitrogen and oxygen atoms in total. The molecule has 0 amide bonds. The number of nitrogens with one attached hydrogen (secondary N) is 1. The van der Waals surface area contributed by atoms with Gasteiger partial charge in [-0.25, -0.2) is 4.98 Å². The first-order valence-corrected chi connectivity index (χ1v) is 4.68. The van der Waals surface area contributed by atoms with Crippen molar-refractivity contribution in [3.8, 4) is 0 Å². The first-order chi connectivity index (χ1) is 6.36. The molecule has 0 aliphatic heterocycles. The molecule has 13 heavy (non-hydrogen) atoms. The second-order valence-corrected chi connectivity index (χ2v) is 3.12. The zero-order valence-electron chi connectivity index (χ0n) is 7.74. The van der Waals surface area contributed by atoms with Crippen molar-refractivity contribution < 1.29 is 9.47 Å². The lowest BCUT2D eigenvalue weighted by atomic mass is 10.6. The quantitative estimate of drug-likeness (QED) is 0.691. The van der Waals surface area contributed by atoms with Gasteiger partial charge >= 0.3 is 0 Å². The summed E-state index contributed by atoms with van der Waals surface area (Å²) in [6, 6.07) is 0. The van der Waals surface area contributed by atoms with Gasteiger partial charge in [-0.05, 0) is 0 Å². The van der Waals surface area contributed by atoms with Gasteiger partial charge < -0.3 is 14.8 Å². The van der Waals surface area contributed by atoms with E-state index in [2.05, 4.69) is 14.7 Å². The molecule has 0 unspecified atom stereocenters. The summed E-state index contributed by atoms with van der Waals surface area (Å²) < 4.78 is 13.9. The maximum absolute atomic E-state index is 4.90. The summed E-state index contributed by atoms with van der Waals surface area (Å²) in [5.41, 5.74) is 0. The number of hydrogen-bond acceptors (Lipinski definition) is 6. The van der Waals surface area contributed by atoms with Gasteiger partial charge in [-0.2, -0.15) is 4.37 Å². The molecule has 1 aromatic heterocycles. The van der Waals surface area contributed by atoms with Crippen LogP contribution in [0.2, 0.25) is 0 Å². The molecule has 6 heteroatoms. The van der Waals surface area contributed by atoms with Crippen molar-refractivity contribution in [2.45, 2.75) is 6.61 Å². The number of anilines is 1. The SMILES string of the molecule is COCCNc1nc(COC)ns1. The number of nitrogens with zero attached hydrogens (tertiary/aromatic N) is 2. The Labute approximate surface area is 81.3 Å². The van der Waals surface area contributed by atoms with Crippen LogP contribution in [0, 0.1) is 0 Å². The van der Waals surface area contributed by atoms with Crippen LogP contribution in [0.15, 0.2) is 0 Å². The highest BCUT2D eigenvalue weighted by Crippen LogP contribution is 2.10. The van der Waals surface area contributed by atoms with Crippen LogP contribution in [-0.4, -0.2) is 36.7 Å². The molecule has 0 saturated heterocycles. The summed E-state index contributed by atoms with van der Waals surface area (Å²) in [5.74, 6) is 0.715. The molecule has 0 saturated carbocycles. The number of methoxy groups -OCH3 is 2. The Morgan fingerprint density at radius 3 is 2.92 bits per heavy atom. The molecule has 0 atom stereocenters. The van der Waals surface area contributed by atoms with Crippen LogP contribution in [0.25, 0.3) is 0 Å². The van der Waals surface area contributed by atoms with Crippen LogP contribution in [0.3, 0.4) is 0 Å². The fourth-order valence-electron chi connectivity index (χ4n) is 0.774. The summed E-state index contributed by atoms with van der Waals surface area (Å²) in [6.07, 6.45) is 0. The third kappa shape index (κ3) is 3.67. The summed E-state index contributed by atoms with van der Waals surface area (Å²) >= 11 is 1.33. The largest absolute Gasteiger partial charge is 0.383 e. The normalized spacial score (nSPS) is 10.3. The Kier molecular flexibility index (Phi) is 4.66. The van der Waals surface area contributed by atoms with Crippen molar-refractivity contribution in [2.24, 2.45) is 0 Å². The standard InChI is InChI=1S/C7H13N3O2S/c1-11-4-3-8-7-9-6(5-12-2)10-13-7/h3-5H2,1-2H3,(H,8,9,10). The third-order valence-electron chi connectivity index (χ3n) is 1.32. The van der Waals surface area contributed by atoms with Crippen LogP contribution < -0.4 is 5.32 Å². The molecule has 0 bridgehead atoms. The topological polar surface area (TPSA) is 56.3 Å². The van der Waals surface area contributed by atoms with Crippen molar-refractivity contribution in [2.75, 3.05) is 32.7 Å². The third-order valence-corrected chi connectivity index (χ3v) is 2.03. The molecule has 0 aliphatic rings. The fourth-order valence-corrected chi connectivity index (χ4v) is 1.37. The highest BCUT2D eigenvalue weighted by Gasteiger charge is 2.01. The van der Waals surface area contributed by atoms with Gasteiger partial charge in [0, 0.05) is 32.3 Å². The molecule has 0 aliphatic carbocycles. The van der Waals surface area contributed by atoms with E-state index in [9.17, 15) is 0 Å². The first kappa shape index (κ1) is 10.4. The van der Waals surface area contributed by atoms with Crippen molar-refractivity contribution in [3.05, 3.63) is 5.82 Å². The molecular weight excluding hydrogens is 190 g/mol.